The Balaban J connectivity index is 1.66. The summed E-state index contributed by atoms with van der Waals surface area (Å²) in [4.78, 5) is 13.0. The van der Waals surface area contributed by atoms with Gasteiger partial charge < -0.3 is 15.5 Å². The lowest BCUT2D eigenvalue weighted by molar-refractivity contribution is -0.116. The van der Waals surface area contributed by atoms with Crippen molar-refractivity contribution in [3.8, 4) is 5.75 Å². The number of methoxy groups -OCH3 is 1. The summed E-state index contributed by atoms with van der Waals surface area (Å²) >= 11 is 1.40. The minimum Gasteiger partial charge on any atom is -0.497 e. The van der Waals surface area contributed by atoms with Crippen LogP contribution >= 0.6 is 11.8 Å². The Kier molecular flexibility index (Phi) is 4.72. The van der Waals surface area contributed by atoms with E-state index in [2.05, 4.69) is 20.9 Å². The van der Waals surface area contributed by atoms with Crippen LogP contribution in [0, 0.1) is 6.92 Å². The number of ether oxygens (including phenoxy) is 1. The number of fused-ring (bicyclic) bond motifs is 1. The van der Waals surface area contributed by atoms with Gasteiger partial charge in [0.25, 0.3) is 0 Å². The Morgan fingerprint density at radius 2 is 1.89 bits per heavy atom. The van der Waals surface area contributed by atoms with Crippen molar-refractivity contribution in [2.24, 2.45) is 0 Å². The van der Waals surface area contributed by atoms with Crippen LogP contribution in [0.25, 0.3) is 0 Å². The number of hydrogen-bond donors (Lipinski definition) is 2. The molecule has 2 atom stereocenters. The number of aryl methyl sites for hydroxylation is 1. The Hall–Kier alpha value is -3.00. The fourth-order valence-electron chi connectivity index (χ4n) is 2.96. The molecule has 2 heterocycles. The number of nitrogens with zero attached hydrogens (tertiary/aromatic N) is 3. The zero-order chi connectivity index (χ0) is 18.8. The average Bonchev–Trinajstić information content (AvgIpc) is 3.08. The molecule has 1 aliphatic heterocycles. The lowest BCUT2D eigenvalue weighted by atomic mass is 10.0. The van der Waals surface area contributed by atoms with Crippen LogP contribution in [0.3, 0.4) is 0 Å². The Morgan fingerprint density at radius 3 is 2.59 bits per heavy atom. The molecule has 1 aliphatic rings. The minimum absolute atomic E-state index is 0.0913. The van der Waals surface area contributed by atoms with E-state index >= 15 is 0 Å². The van der Waals surface area contributed by atoms with Gasteiger partial charge >= 0.3 is 0 Å². The van der Waals surface area contributed by atoms with Crippen molar-refractivity contribution in [2.75, 3.05) is 17.9 Å². The van der Waals surface area contributed by atoms with Crippen LogP contribution in [0.5, 0.6) is 5.75 Å². The molecule has 3 aromatic rings. The molecule has 8 heteroatoms. The summed E-state index contributed by atoms with van der Waals surface area (Å²) in [5.74, 6) is 1.43. The summed E-state index contributed by atoms with van der Waals surface area (Å²) in [6.45, 7) is 1.87. The third-order valence-corrected chi connectivity index (χ3v) is 5.59. The van der Waals surface area contributed by atoms with E-state index in [9.17, 15) is 4.79 Å². The standard InChI is InChI=1S/C19H19N5O2S/c1-12-21-22-19-24(12)23-16(13-8-10-15(26-2)11-9-13)17(27-19)18(25)20-14-6-4-3-5-7-14/h3-11,16-17,23H,1-2H3,(H,20,25)/t16-,17+/m1/s1. The maximum Gasteiger partial charge on any atom is 0.240 e. The van der Waals surface area contributed by atoms with Crippen molar-refractivity contribution in [3.05, 3.63) is 66.0 Å². The molecule has 138 valence electrons. The molecule has 7 nitrogen and oxygen atoms in total. The zero-order valence-electron chi connectivity index (χ0n) is 14.9. The lowest BCUT2D eigenvalue weighted by Crippen LogP contribution is -2.41. The van der Waals surface area contributed by atoms with Gasteiger partial charge in [-0.05, 0) is 36.8 Å². The van der Waals surface area contributed by atoms with E-state index in [0.717, 1.165) is 22.8 Å². The van der Waals surface area contributed by atoms with Gasteiger partial charge in [0.15, 0.2) is 0 Å². The number of carbonyl (C=O) groups excluding carboxylic acids is 1. The van der Waals surface area contributed by atoms with Crippen LogP contribution in [0.1, 0.15) is 17.4 Å². The van der Waals surface area contributed by atoms with Crippen molar-refractivity contribution in [2.45, 2.75) is 23.4 Å². The van der Waals surface area contributed by atoms with Gasteiger partial charge in [-0.1, -0.05) is 42.1 Å². The van der Waals surface area contributed by atoms with E-state index in [1.807, 2.05) is 66.2 Å². The quantitative estimate of drug-likeness (QED) is 0.723. The highest BCUT2D eigenvalue weighted by molar-refractivity contribution is 8.00. The normalized spacial score (nSPS) is 18.3. The Morgan fingerprint density at radius 1 is 1.15 bits per heavy atom. The van der Waals surface area contributed by atoms with Crippen molar-refractivity contribution in [1.82, 2.24) is 14.9 Å². The second kappa shape index (κ2) is 7.32. The van der Waals surface area contributed by atoms with E-state index < -0.39 is 5.25 Å². The zero-order valence-corrected chi connectivity index (χ0v) is 15.7. The summed E-state index contributed by atoms with van der Waals surface area (Å²) in [7, 11) is 1.63. The van der Waals surface area contributed by atoms with Gasteiger partial charge in [0, 0.05) is 5.69 Å². The molecule has 2 N–H and O–H groups in total. The topological polar surface area (TPSA) is 81.1 Å². The number of rotatable bonds is 4. The second-order valence-electron chi connectivity index (χ2n) is 6.14. The lowest BCUT2D eigenvalue weighted by Gasteiger charge is -2.32. The molecule has 0 saturated heterocycles. The van der Waals surface area contributed by atoms with Gasteiger partial charge in [-0.3, -0.25) is 4.79 Å². The average molecular weight is 381 g/mol. The number of thioether (sulfide) groups is 1. The first-order chi connectivity index (χ1) is 13.2. The Labute approximate surface area is 161 Å². The minimum atomic E-state index is -0.408. The molecule has 0 fully saturated rings. The van der Waals surface area contributed by atoms with Crippen LogP contribution in [-0.2, 0) is 4.79 Å². The fraction of sp³-hybridized carbons (Fsp3) is 0.211. The maximum atomic E-state index is 13.0. The fourth-order valence-corrected chi connectivity index (χ4v) is 4.08. The third-order valence-electron chi connectivity index (χ3n) is 4.37. The molecule has 4 rings (SSSR count). The predicted octanol–water partition coefficient (Wildman–Crippen LogP) is 2.99. The second-order valence-corrected chi connectivity index (χ2v) is 7.25. The number of nitrogens with one attached hydrogen (secondary N) is 2. The first-order valence-electron chi connectivity index (χ1n) is 8.51. The van der Waals surface area contributed by atoms with Crippen LogP contribution in [0.4, 0.5) is 5.69 Å². The van der Waals surface area contributed by atoms with Crippen molar-refractivity contribution >= 4 is 23.4 Å². The van der Waals surface area contributed by atoms with E-state index in [-0.39, 0.29) is 11.9 Å². The molecule has 0 saturated carbocycles. The molecule has 0 unspecified atom stereocenters. The number of para-hydroxylation sites is 1. The number of benzene rings is 2. The molecule has 0 radical (unpaired) electrons. The van der Waals surface area contributed by atoms with Gasteiger partial charge in [-0.25, -0.2) is 4.68 Å². The SMILES string of the molecule is COc1ccc([C@H]2Nn3c(C)nnc3S[C@@H]2C(=O)Nc2ccccc2)cc1. The van der Waals surface area contributed by atoms with Crippen LogP contribution in [0.15, 0.2) is 59.8 Å². The molecule has 1 aromatic heterocycles. The van der Waals surface area contributed by atoms with Gasteiger partial charge in [0.2, 0.25) is 11.1 Å². The monoisotopic (exact) mass is 381 g/mol. The summed E-state index contributed by atoms with van der Waals surface area (Å²) in [5.41, 5.74) is 5.13. The highest BCUT2D eigenvalue weighted by Gasteiger charge is 2.37. The molecule has 1 amide bonds. The van der Waals surface area contributed by atoms with Gasteiger partial charge in [-0.15, -0.1) is 10.2 Å². The van der Waals surface area contributed by atoms with Crippen LogP contribution in [-0.4, -0.2) is 33.1 Å². The van der Waals surface area contributed by atoms with E-state index in [0.29, 0.717) is 5.16 Å². The number of aromatic nitrogens is 3. The summed E-state index contributed by atoms with van der Waals surface area (Å²) in [6, 6.07) is 16.9. The number of anilines is 1. The van der Waals surface area contributed by atoms with Crippen molar-refractivity contribution < 1.29 is 9.53 Å². The molecular weight excluding hydrogens is 362 g/mol. The molecule has 0 spiro atoms. The van der Waals surface area contributed by atoms with E-state index in [1.165, 1.54) is 11.8 Å². The smallest absolute Gasteiger partial charge is 0.240 e. The summed E-state index contributed by atoms with van der Waals surface area (Å²) in [5, 5.41) is 11.5. The van der Waals surface area contributed by atoms with Crippen LogP contribution < -0.4 is 15.5 Å². The summed E-state index contributed by atoms with van der Waals surface area (Å²) in [6.07, 6.45) is 0. The molecule has 2 aromatic carbocycles. The number of carbonyl (C=O) groups is 1. The van der Waals surface area contributed by atoms with Gasteiger partial charge in [0.1, 0.15) is 16.8 Å². The maximum absolute atomic E-state index is 13.0. The van der Waals surface area contributed by atoms with Gasteiger partial charge in [0.05, 0.1) is 13.2 Å². The molecular formula is C19H19N5O2S. The largest absolute Gasteiger partial charge is 0.497 e. The van der Waals surface area contributed by atoms with E-state index in [4.69, 9.17) is 4.74 Å². The third kappa shape index (κ3) is 3.48. The van der Waals surface area contributed by atoms with Gasteiger partial charge in [-0.2, -0.15) is 0 Å². The van der Waals surface area contributed by atoms with E-state index in [1.54, 1.807) is 7.11 Å². The first-order valence-corrected chi connectivity index (χ1v) is 9.39. The predicted molar refractivity (Wildman–Crippen MR) is 105 cm³/mol. The number of amides is 1. The molecule has 27 heavy (non-hydrogen) atoms. The van der Waals surface area contributed by atoms with Crippen LogP contribution in [0.2, 0.25) is 0 Å². The number of hydrogen-bond acceptors (Lipinski definition) is 6. The Bertz CT molecular complexity index is 942. The highest BCUT2D eigenvalue weighted by atomic mass is 32.2. The van der Waals surface area contributed by atoms with Crippen molar-refractivity contribution in [1.29, 1.82) is 0 Å². The summed E-state index contributed by atoms with van der Waals surface area (Å²) < 4.78 is 7.07. The molecule has 0 aliphatic carbocycles. The van der Waals surface area contributed by atoms with Crippen molar-refractivity contribution in [3.63, 3.8) is 0 Å². The highest BCUT2D eigenvalue weighted by Crippen LogP contribution is 2.37. The first kappa shape index (κ1) is 17.4. The molecule has 0 bridgehead atoms.